The molecule has 2 aliphatic heterocycles. The Kier molecular flexibility index (Phi) is 5.82. The van der Waals surface area contributed by atoms with Gasteiger partial charge >= 0.3 is 0 Å². The fourth-order valence-corrected chi connectivity index (χ4v) is 4.29. The van der Waals surface area contributed by atoms with Crippen molar-refractivity contribution in [1.29, 1.82) is 0 Å². The molecule has 3 aliphatic rings. The number of morpholine rings is 1. The van der Waals surface area contributed by atoms with E-state index in [1.54, 1.807) is 6.07 Å². The summed E-state index contributed by atoms with van der Waals surface area (Å²) < 4.78 is 10.5. The highest BCUT2D eigenvalue weighted by Crippen LogP contribution is 2.28. The van der Waals surface area contributed by atoms with Crippen LogP contribution in [0.5, 0.6) is 0 Å². The van der Waals surface area contributed by atoms with Crippen LogP contribution in [0.25, 0.3) is 0 Å². The maximum absolute atomic E-state index is 12.5. The van der Waals surface area contributed by atoms with Crippen molar-refractivity contribution in [3.8, 4) is 0 Å². The van der Waals surface area contributed by atoms with E-state index in [4.69, 9.17) is 9.26 Å². The number of aromatic nitrogens is 1. The molecule has 154 valence electrons. The minimum Gasteiger partial charge on any atom is -0.391 e. The van der Waals surface area contributed by atoms with Crippen LogP contribution in [0.3, 0.4) is 0 Å². The maximum atomic E-state index is 12.5. The van der Waals surface area contributed by atoms with Crippen LogP contribution in [-0.2, 0) is 9.53 Å². The van der Waals surface area contributed by atoms with E-state index >= 15 is 0 Å². The van der Waals surface area contributed by atoms with Gasteiger partial charge in [0.25, 0.3) is 5.91 Å². The zero-order valence-corrected chi connectivity index (χ0v) is 16.0. The van der Waals surface area contributed by atoms with E-state index in [0.29, 0.717) is 51.4 Å². The van der Waals surface area contributed by atoms with Crippen LogP contribution >= 0.6 is 0 Å². The summed E-state index contributed by atoms with van der Waals surface area (Å²) in [4.78, 5) is 29.0. The van der Waals surface area contributed by atoms with E-state index < -0.39 is 6.10 Å². The average Bonchev–Trinajstić information content (AvgIpc) is 3.42. The lowest BCUT2D eigenvalue weighted by molar-refractivity contribution is -0.137. The fraction of sp³-hybridized carbons (Fsp3) is 0.737. The van der Waals surface area contributed by atoms with Crippen LogP contribution in [-0.4, -0.2) is 78.5 Å². The minimum absolute atomic E-state index is 0.129. The zero-order valence-electron chi connectivity index (χ0n) is 16.0. The molecule has 3 atom stereocenters. The Morgan fingerprint density at radius 2 is 1.89 bits per heavy atom. The van der Waals surface area contributed by atoms with Gasteiger partial charge in [0, 0.05) is 38.2 Å². The molecule has 9 nitrogen and oxygen atoms in total. The third kappa shape index (κ3) is 4.15. The lowest BCUT2D eigenvalue weighted by Gasteiger charge is -2.34. The molecular weight excluding hydrogens is 364 g/mol. The number of hydrogen-bond acceptors (Lipinski definition) is 7. The number of anilines is 1. The van der Waals surface area contributed by atoms with Crippen molar-refractivity contribution in [2.24, 2.45) is 5.92 Å². The summed E-state index contributed by atoms with van der Waals surface area (Å²) in [5, 5.41) is 17.3. The number of likely N-dealkylation sites (tertiary alicyclic amines) is 1. The van der Waals surface area contributed by atoms with Gasteiger partial charge in [0.15, 0.2) is 5.82 Å². The van der Waals surface area contributed by atoms with Gasteiger partial charge in [-0.2, -0.15) is 0 Å². The van der Waals surface area contributed by atoms with Crippen LogP contribution in [0.15, 0.2) is 10.6 Å². The Morgan fingerprint density at radius 1 is 1.14 bits per heavy atom. The highest BCUT2D eigenvalue weighted by molar-refractivity contribution is 5.92. The molecule has 1 aliphatic carbocycles. The van der Waals surface area contributed by atoms with Crippen molar-refractivity contribution < 1.29 is 24.0 Å². The highest BCUT2D eigenvalue weighted by Gasteiger charge is 2.36. The quantitative estimate of drug-likeness (QED) is 0.763. The van der Waals surface area contributed by atoms with Crippen molar-refractivity contribution in [1.82, 2.24) is 15.4 Å². The second-order valence-corrected chi connectivity index (χ2v) is 7.84. The summed E-state index contributed by atoms with van der Waals surface area (Å²) in [6, 6.07) is 1.24. The molecule has 28 heavy (non-hydrogen) atoms. The smallest absolute Gasteiger partial charge is 0.290 e. The molecule has 0 unspecified atom stereocenters. The van der Waals surface area contributed by atoms with E-state index in [-0.39, 0.29) is 29.5 Å². The Bertz CT molecular complexity index is 696. The number of carbonyl (C=O) groups is 2. The number of carbonyl (C=O) groups excluding carboxylic acids is 2. The third-order valence-corrected chi connectivity index (χ3v) is 5.96. The summed E-state index contributed by atoms with van der Waals surface area (Å²) in [6.07, 6.45) is 3.01. The molecule has 4 rings (SSSR count). The van der Waals surface area contributed by atoms with Gasteiger partial charge in [-0.1, -0.05) is 5.16 Å². The summed E-state index contributed by atoms with van der Waals surface area (Å²) in [5.41, 5.74) is 0. The summed E-state index contributed by atoms with van der Waals surface area (Å²) in [5.74, 6) is 0.351. The summed E-state index contributed by atoms with van der Waals surface area (Å²) in [7, 11) is 0. The van der Waals surface area contributed by atoms with Gasteiger partial charge in [0.05, 0.1) is 25.4 Å². The molecule has 2 N–H and O–H groups in total. The minimum atomic E-state index is -0.740. The van der Waals surface area contributed by atoms with Crippen LogP contribution in [0, 0.1) is 5.92 Å². The highest BCUT2D eigenvalue weighted by atomic mass is 16.5. The number of rotatable bonds is 4. The first kappa shape index (κ1) is 19.2. The third-order valence-electron chi connectivity index (χ3n) is 5.96. The van der Waals surface area contributed by atoms with Crippen LogP contribution in [0.2, 0.25) is 0 Å². The van der Waals surface area contributed by atoms with Crippen molar-refractivity contribution in [3.63, 3.8) is 0 Å². The zero-order chi connectivity index (χ0) is 19.5. The number of ether oxygens (including phenoxy) is 1. The van der Waals surface area contributed by atoms with E-state index in [1.165, 1.54) is 0 Å². The van der Waals surface area contributed by atoms with Gasteiger partial charge in [-0.3, -0.25) is 9.59 Å². The van der Waals surface area contributed by atoms with Gasteiger partial charge in [0.2, 0.25) is 11.7 Å². The second kappa shape index (κ2) is 8.48. The normalized spacial score (nSPS) is 28.4. The monoisotopic (exact) mass is 392 g/mol. The van der Waals surface area contributed by atoms with E-state index in [2.05, 4.69) is 10.5 Å². The molecule has 3 fully saturated rings. The number of aliphatic hydroxyl groups is 1. The predicted octanol–water partition coefficient (Wildman–Crippen LogP) is 0.393. The summed E-state index contributed by atoms with van der Waals surface area (Å²) >= 11 is 0. The molecule has 2 saturated heterocycles. The average molecular weight is 392 g/mol. The lowest BCUT2D eigenvalue weighted by Crippen LogP contribution is -2.49. The van der Waals surface area contributed by atoms with Gasteiger partial charge in [0.1, 0.15) is 0 Å². The standard InChI is InChI=1S/C19H28N4O5/c24-15-11-13(19(26)23-5-1-2-6-23)3-4-14(15)20-18(25)16-12-17(21-28-16)22-7-9-27-10-8-22/h12-15,24H,1-11H2,(H,20,25)/t13-,14-,15-/m0/s1. The first-order valence-electron chi connectivity index (χ1n) is 10.2. The SMILES string of the molecule is O=C(N[C@H]1CC[C@H](C(=O)N2CCCC2)C[C@@H]1O)c1cc(N2CCOCC2)no1. The molecule has 1 aromatic heterocycles. The van der Waals surface area contributed by atoms with Gasteiger partial charge in [-0.05, 0) is 32.1 Å². The second-order valence-electron chi connectivity index (χ2n) is 7.84. The fourth-order valence-electron chi connectivity index (χ4n) is 4.29. The Labute approximate surface area is 164 Å². The molecule has 0 aromatic carbocycles. The van der Waals surface area contributed by atoms with Gasteiger partial charge in [-0.15, -0.1) is 0 Å². The van der Waals surface area contributed by atoms with Crippen LogP contribution in [0.4, 0.5) is 5.82 Å². The molecule has 0 bridgehead atoms. The number of nitrogens with zero attached hydrogens (tertiary/aromatic N) is 3. The Morgan fingerprint density at radius 3 is 2.61 bits per heavy atom. The van der Waals surface area contributed by atoms with E-state index in [9.17, 15) is 14.7 Å². The molecule has 9 heteroatoms. The molecule has 0 radical (unpaired) electrons. The van der Waals surface area contributed by atoms with Gasteiger partial charge in [-0.25, -0.2) is 0 Å². The first-order valence-corrected chi connectivity index (χ1v) is 10.2. The maximum Gasteiger partial charge on any atom is 0.290 e. The molecule has 3 heterocycles. The molecular formula is C19H28N4O5. The number of amides is 2. The molecule has 1 aromatic rings. The number of nitrogens with one attached hydrogen (secondary N) is 1. The van der Waals surface area contributed by atoms with Crippen molar-refractivity contribution in [2.75, 3.05) is 44.3 Å². The number of aliphatic hydroxyl groups excluding tert-OH is 1. The Balaban J connectivity index is 1.30. The molecule has 0 spiro atoms. The van der Waals surface area contributed by atoms with Crippen molar-refractivity contribution in [2.45, 2.75) is 44.2 Å². The lowest BCUT2D eigenvalue weighted by atomic mass is 9.83. The topological polar surface area (TPSA) is 108 Å². The first-order chi connectivity index (χ1) is 13.6. The van der Waals surface area contributed by atoms with Crippen molar-refractivity contribution >= 4 is 17.6 Å². The molecule has 2 amide bonds. The van der Waals surface area contributed by atoms with E-state index in [1.807, 2.05) is 9.80 Å². The van der Waals surface area contributed by atoms with Gasteiger partial charge < -0.3 is 29.5 Å². The predicted molar refractivity (Wildman–Crippen MR) is 100.0 cm³/mol. The number of hydrogen-bond donors (Lipinski definition) is 2. The Hall–Kier alpha value is -2.13. The largest absolute Gasteiger partial charge is 0.391 e. The molecule has 1 saturated carbocycles. The van der Waals surface area contributed by atoms with Crippen molar-refractivity contribution in [3.05, 3.63) is 11.8 Å². The van der Waals surface area contributed by atoms with E-state index in [0.717, 1.165) is 25.9 Å². The van der Waals surface area contributed by atoms with Crippen LogP contribution in [0.1, 0.15) is 42.7 Å². The van der Waals surface area contributed by atoms with Crippen LogP contribution < -0.4 is 10.2 Å². The summed E-state index contributed by atoms with van der Waals surface area (Å²) in [6.45, 7) is 4.31.